The molecule has 0 bridgehead atoms. The Labute approximate surface area is 165 Å². The van der Waals surface area contributed by atoms with Gasteiger partial charge in [0.15, 0.2) is 0 Å². The third-order valence-corrected chi connectivity index (χ3v) is 4.17. The van der Waals surface area contributed by atoms with E-state index in [2.05, 4.69) is 24.5 Å². The highest BCUT2D eigenvalue weighted by molar-refractivity contribution is 5.97. The molecule has 2 atom stereocenters. The van der Waals surface area contributed by atoms with Gasteiger partial charge in [-0.1, -0.05) is 32.0 Å². The zero-order valence-corrected chi connectivity index (χ0v) is 16.5. The maximum absolute atomic E-state index is 12.5. The average molecular weight is 384 g/mol. The Balaban J connectivity index is 1.96. The Morgan fingerprint density at radius 1 is 0.964 bits per heavy atom. The lowest BCUT2D eigenvalue weighted by atomic mass is 10.1. The molecule has 0 unspecified atom stereocenters. The molecule has 2 amide bonds. The van der Waals surface area contributed by atoms with Crippen LogP contribution in [0.3, 0.4) is 0 Å². The molecule has 6 heteroatoms. The highest BCUT2D eigenvalue weighted by atomic mass is 16.5. The van der Waals surface area contributed by atoms with Gasteiger partial charge in [-0.05, 0) is 55.7 Å². The lowest BCUT2D eigenvalue weighted by Gasteiger charge is -2.21. The van der Waals surface area contributed by atoms with Crippen molar-refractivity contribution < 1.29 is 19.4 Å². The van der Waals surface area contributed by atoms with Gasteiger partial charge in [0.1, 0.15) is 17.5 Å². The van der Waals surface area contributed by atoms with Gasteiger partial charge in [0.05, 0.1) is 6.10 Å². The molecular formula is C22H28N2O4. The summed E-state index contributed by atoms with van der Waals surface area (Å²) < 4.78 is 5.70. The molecule has 2 aromatic carbocycles. The Hall–Kier alpha value is -2.86. The molecule has 2 aromatic rings. The van der Waals surface area contributed by atoms with Crippen molar-refractivity contribution >= 4 is 11.8 Å². The summed E-state index contributed by atoms with van der Waals surface area (Å²) in [6.45, 7) is 6.10. The summed E-state index contributed by atoms with van der Waals surface area (Å²) in [6, 6.07) is 14.9. The summed E-state index contributed by atoms with van der Waals surface area (Å²) in [7, 11) is 0. The predicted molar refractivity (Wildman–Crippen MR) is 108 cm³/mol. The zero-order valence-electron chi connectivity index (χ0n) is 16.5. The number of hydrogen-bond donors (Lipinski definition) is 3. The lowest BCUT2D eigenvalue weighted by Crippen LogP contribution is -2.52. The van der Waals surface area contributed by atoms with E-state index in [1.165, 1.54) is 6.92 Å². The molecule has 0 saturated carbocycles. The van der Waals surface area contributed by atoms with E-state index in [1.807, 2.05) is 30.3 Å². The maximum Gasteiger partial charge on any atom is 0.252 e. The van der Waals surface area contributed by atoms with Gasteiger partial charge >= 0.3 is 0 Å². The van der Waals surface area contributed by atoms with Crippen LogP contribution in [0.5, 0.6) is 11.5 Å². The fraction of sp³-hybridized carbons (Fsp3) is 0.364. The number of rotatable bonds is 9. The highest BCUT2D eigenvalue weighted by Crippen LogP contribution is 2.21. The molecule has 6 nitrogen and oxygen atoms in total. The minimum Gasteiger partial charge on any atom is -0.457 e. The second-order valence-corrected chi connectivity index (χ2v) is 7.10. The Kier molecular flexibility index (Phi) is 8.02. The maximum atomic E-state index is 12.5. The van der Waals surface area contributed by atoms with Crippen LogP contribution in [0.4, 0.5) is 0 Å². The summed E-state index contributed by atoms with van der Waals surface area (Å²) in [5.41, 5.74) is 0.376. The molecule has 2 rings (SSSR count). The number of aliphatic hydroxyl groups is 1. The van der Waals surface area contributed by atoms with Crippen molar-refractivity contribution in [2.45, 2.75) is 39.3 Å². The predicted octanol–water partition coefficient (Wildman–Crippen LogP) is 3.12. The van der Waals surface area contributed by atoms with Crippen molar-refractivity contribution in [3.8, 4) is 11.5 Å². The number of nitrogens with one attached hydrogen (secondary N) is 2. The second-order valence-electron chi connectivity index (χ2n) is 7.10. The van der Waals surface area contributed by atoms with E-state index in [9.17, 15) is 14.7 Å². The quantitative estimate of drug-likeness (QED) is 0.620. The molecule has 0 radical (unpaired) electrons. The molecule has 0 spiro atoms. The van der Waals surface area contributed by atoms with Gasteiger partial charge < -0.3 is 20.5 Å². The first-order valence-electron chi connectivity index (χ1n) is 9.46. The van der Waals surface area contributed by atoms with Crippen LogP contribution in [0.1, 0.15) is 37.6 Å². The summed E-state index contributed by atoms with van der Waals surface area (Å²) in [5, 5.41) is 15.3. The molecule has 0 aromatic heterocycles. The number of aliphatic hydroxyl groups excluding tert-OH is 1. The lowest BCUT2D eigenvalue weighted by molar-refractivity contribution is -0.125. The molecule has 28 heavy (non-hydrogen) atoms. The Bertz CT molecular complexity index is 758. The molecular weight excluding hydrogens is 356 g/mol. The number of ether oxygens (including phenoxy) is 1. The van der Waals surface area contributed by atoms with Gasteiger partial charge in [-0.25, -0.2) is 0 Å². The normalized spacial score (nSPS) is 12.9. The van der Waals surface area contributed by atoms with Crippen molar-refractivity contribution in [1.82, 2.24) is 10.6 Å². The van der Waals surface area contributed by atoms with Crippen LogP contribution >= 0.6 is 0 Å². The van der Waals surface area contributed by atoms with Crippen LogP contribution < -0.4 is 15.4 Å². The molecule has 0 aliphatic carbocycles. The van der Waals surface area contributed by atoms with Gasteiger partial charge in [-0.3, -0.25) is 9.59 Å². The van der Waals surface area contributed by atoms with Crippen LogP contribution in [0.25, 0.3) is 0 Å². The largest absolute Gasteiger partial charge is 0.457 e. The molecule has 0 saturated heterocycles. The second kappa shape index (κ2) is 10.5. The SMILES string of the molecule is CC(C)CCNC(=O)[C@@H](NC(=O)c1ccc(Oc2ccccc2)cc1)[C@@H](C)O. The molecule has 0 fully saturated rings. The first-order valence-corrected chi connectivity index (χ1v) is 9.46. The van der Waals surface area contributed by atoms with E-state index in [4.69, 9.17) is 4.74 Å². The van der Waals surface area contributed by atoms with Crippen molar-refractivity contribution in [3.05, 3.63) is 60.2 Å². The number of carbonyl (C=O) groups excluding carboxylic acids is 2. The van der Waals surface area contributed by atoms with Crippen LogP contribution in [0, 0.1) is 5.92 Å². The van der Waals surface area contributed by atoms with Gasteiger partial charge in [0, 0.05) is 12.1 Å². The molecule has 0 aliphatic heterocycles. The number of carbonyl (C=O) groups is 2. The van der Waals surface area contributed by atoms with E-state index in [0.29, 0.717) is 29.5 Å². The third-order valence-electron chi connectivity index (χ3n) is 4.17. The van der Waals surface area contributed by atoms with Crippen molar-refractivity contribution in [3.63, 3.8) is 0 Å². The smallest absolute Gasteiger partial charge is 0.252 e. The number of hydrogen-bond acceptors (Lipinski definition) is 4. The van der Waals surface area contributed by atoms with Gasteiger partial charge in [0.2, 0.25) is 5.91 Å². The molecule has 3 N–H and O–H groups in total. The Morgan fingerprint density at radius 2 is 1.57 bits per heavy atom. The fourth-order valence-corrected chi connectivity index (χ4v) is 2.52. The first-order chi connectivity index (χ1) is 13.4. The van der Waals surface area contributed by atoms with Gasteiger partial charge in [-0.2, -0.15) is 0 Å². The minimum atomic E-state index is -1.01. The zero-order chi connectivity index (χ0) is 20.5. The van der Waals surface area contributed by atoms with Gasteiger partial charge in [-0.15, -0.1) is 0 Å². The number of benzene rings is 2. The van der Waals surface area contributed by atoms with E-state index in [0.717, 1.165) is 6.42 Å². The van der Waals surface area contributed by atoms with Crippen molar-refractivity contribution in [2.75, 3.05) is 6.54 Å². The van der Waals surface area contributed by atoms with Crippen molar-refractivity contribution in [2.24, 2.45) is 5.92 Å². The van der Waals surface area contributed by atoms with E-state index in [1.54, 1.807) is 24.3 Å². The van der Waals surface area contributed by atoms with Crippen molar-refractivity contribution in [1.29, 1.82) is 0 Å². The van der Waals surface area contributed by atoms with Crippen LogP contribution in [0.2, 0.25) is 0 Å². The molecule has 0 heterocycles. The molecule has 0 aliphatic rings. The summed E-state index contributed by atoms with van der Waals surface area (Å²) in [6.07, 6.45) is -0.182. The van der Waals surface area contributed by atoms with E-state index in [-0.39, 0.29) is 0 Å². The Morgan fingerprint density at radius 3 is 2.14 bits per heavy atom. The first kappa shape index (κ1) is 21.4. The summed E-state index contributed by atoms with van der Waals surface area (Å²) in [5.74, 6) is 0.925. The molecule has 150 valence electrons. The van der Waals surface area contributed by atoms with Crippen LogP contribution in [-0.2, 0) is 4.79 Å². The standard InChI is InChI=1S/C22H28N2O4/c1-15(2)13-14-23-22(27)20(16(3)25)24-21(26)17-9-11-19(12-10-17)28-18-7-5-4-6-8-18/h4-12,15-16,20,25H,13-14H2,1-3H3,(H,23,27)(H,24,26)/t16-,20+/m1/s1. The van der Waals surface area contributed by atoms with Gasteiger partial charge in [0.25, 0.3) is 5.91 Å². The highest BCUT2D eigenvalue weighted by Gasteiger charge is 2.25. The fourth-order valence-electron chi connectivity index (χ4n) is 2.52. The van der Waals surface area contributed by atoms with E-state index < -0.39 is 24.0 Å². The number of amides is 2. The summed E-state index contributed by atoms with van der Waals surface area (Å²) in [4.78, 5) is 24.8. The monoisotopic (exact) mass is 384 g/mol. The average Bonchev–Trinajstić information content (AvgIpc) is 2.66. The number of para-hydroxylation sites is 1. The van der Waals surface area contributed by atoms with Crippen LogP contribution in [-0.4, -0.2) is 35.6 Å². The topological polar surface area (TPSA) is 87.7 Å². The van der Waals surface area contributed by atoms with Crippen LogP contribution in [0.15, 0.2) is 54.6 Å². The third kappa shape index (κ3) is 6.70. The van der Waals surface area contributed by atoms with E-state index >= 15 is 0 Å². The minimum absolute atomic E-state index is 0.376. The summed E-state index contributed by atoms with van der Waals surface area (Å²) >= 11 is 0.